The number of furan rings is 1. The number of fused-ring (bicyclic) bond motifs is 1. The SMILES string of the molecule is COc1cc(-n2cnc(Nc3nc(N4CCC[C@H]4C)nc4ccoc34)c2)cc(OC)c1OC. The zero-order valence-corrected chi connectivity index (χ0v) is 19.0. The van der Waals surface area contributed by atoms with Crippen LogP contribution in [0.2, 0.25) is 0 Å². The van der Waals surface area contributed by atoms with Crippen LogP contribution in [0.1, 0.15) is 19.8 Å². The molecule has 172 valence electrons. The van der Waals surface area contributed by atoms with Crippen molar-refractivity contribution in [3.8, 4) is 22.9 Å². The van der Waals surface area contributed by atoms with Crippen molar-refractivity contribution in [2.45, 2.75) is 25.8 Å². The Labute approximate surface area is 191 Å². The summed E-state index contributed by atoms with van der Waals surface area (Å²) in [6.45, 7) is 3.14. The summed E-state index contributed by atoms with van der Waals surface area (Å²) < 4.78 is 23.9. The molecule has 10 nitrogen and oxygen atoms in total. The van der Waals surface area contributed by atoms with Crippen molar-refractivity contribution in [3.05, 3.63) is 37.0 Å². The van der Waals surface area contributed by atoms with Gasteiger partial charge in [0.15, 0.2) is 22.9 Å². The number of anilines is 3. The van der Waals surface area contributed by atoms with Crippen molar-refractivity contribution in [2.24, 2.45) is 0 Å². The molecule has 1 atom stereocenters. The minimum Gasteiger partial charge on any atom is -0.493 e. The van der Waals surface area contributed by atoms with Gasteiger partial charge in [0.25, 0.3) is 0 Å². The number of ether oxygens (including phenoxy) is 3. The van der Waals surface area contributed by atoms with E-state index in [1.165, 1.54) is 0 Å². The Morgan fingerprint density at radius 3 is 2.55 bits per heavy atom. The van der Waals surface area contributed by atoms with E-state index in [9.17, 15) is 0 Å². The zero-order valence-electron chi connectivity index (χ0n) is 19.0. The average Bonchev–Trinajstić information content (AvgIpc) is 3.58. The van der Waals surface area contributed by atoms with Crippen LogP contribution in [-0.4, -0.2) is 53.4 Å². The summed E-state index contributed by atoms with van der Waals surface area (Å²) in [7, 11) is 4.75. The van der Waals surface area contributed by atoms with E-state index in [4.69, 9.17) is 28.6 Å². The molecule has 0 saturated carbocycles. The van der Waals surface area contributed by atoms with Crippen LogP contribution in [0.3, 0.4) is 0 Å². The van der Waals surface area contributed by atoms with Gasteiger partial charge >= 0.3 is 0 Å². The average molecular weight is 450 g/mol. The summed E-state index contributed by atoms with van der Waals surface area (Å²) in [6, 6.07) is 5.96. The number of nitrogens with zero attached hydrogens (tertiary/aromatic N) is 5. The monoisotopic (exact) mass is 450 g/mol. The number of nitrogens with one attached hydrogen (secondary N) is 1. The predicted molar refractivity (Wildman–Crippen MR) is 124 cm³/mol. The minimum atomic E-state index is 0.404. The summed E-state index contributed by atoms with van der Waals surface area (Å²) in [5.74, 6) is 3.54. The Hall–Kier alpha value is -3.95. The van der Waals surface area contributed by atoms with Gasteiger partial charge in [-0.15, -0.1) is 0 Å². The lowest BCUT2D eigenvalue weighted by molar-refractivity contribution is 0.324. The number of aromatic nitrogens is 4. The van der Waals surface area contributed by atoms with Crippen LogP contribution < -0.4 is 24.4 Å². The molecule has 0 aliphatic carbocycles. The van der Waals surface area contributed by atoms with Crippen LogP contribution in [0.15, 0.2) is 41.4 Å². The fourth-order valence-corrected chi connectivity index (χ4v) is 4.16. The highest BCUT2D eigenvalue weighted by Crippen LogP contribution is 2.39. The van der Waals surface area contributed by atoms with Gasteiger partial charge in [-0.3, -0.25) is 0 Å². The van der Waals surface area contributed by atoms with Gasteiger partial charge in [-0.05, 0) is 19.8 Å². The molecule has 4 aromatic rings. The number of hydrogen-bond donors (Lipinski definition) is 1. The summed E-state index contributed by atoms with van der Waals surface area (Å²) in [5, 5.41) is 3.29. The molecule has 1 aliphatic rings. The second-order valence-corrected chi connectivity index (χ2v) is 7.87. The van der Waals surface area contributed by atoms with Crippen molar-refractivity contribution < 1.29 is 18.6 Å². The molecule has 1 fully saturated rings. The summed E-state index contributed by atoms with van der Waals surface area (Å²) in [6.07, 6.45) is 7.45. The third-order valence-corrected chi connectivity index (χ3v) is 5.88. The largest absolute Gasteiger partial charge is 0.493 e. The third-order valence-electron chi connectivity index (χ3n) is 5.88. The van der Waals surface area contributed by atoms with Crippen molar-refractivity contribution in [1.82, 2.24) is 19.5 Å². The fraction of sp³-hybridized carbons (Fsp3) is 0.348. The maximum atomic E-state index is 5.66. The Balaban J connectivity index is 1.48. The highest BCUT2D eigenvalue weighted by atomic mass is 16.5. The molecule has 1 saturated heterocycles. The van der Waals surface area contributed by atoms with Crippen molar-refractivity contribution in [1.29, 1.82) is 0 Å². The molecule has 33 heavy (non-hydrogen) atoms. The highest BCUT2D eigenvalue weighted by Gasteiger charge is 2.25. The lowest BCUT2D eigenvalue weighted by Gasteiger charge is -2.21. The molecular weight excluding hydrogens is 424 g/mol. The van der Waals surface area contributed by atoms with Crippen LogP contribution in [0.25, 0.3) is 16.8 Å². The van der Waals surface area contributed by atoms with E-state index in [1.807, 2.05) is 29.0 Å². The Morgan fingerprint density at radius 1 is 1.09 bits per heavy atom. The van der Waals surface area contributed by atoms with Crippen molar-refractivity contribution in [3.63, 3.8) is 0 Å². The number of hydrogen-bond acceptors (Lipinski definition) is 9. The molecule has 0 amide bonds. The first kappa shape index (κ1) is 20.9. The molecule has 1 aromatic carbocycles. The molecular formula is C23H26N6O4. The van der Waals surface area contributed by atoms with Gasteiger partial charge < -0.3 is 33.4 Å². The number of methoxy groups -OCH3 is 3. The summed E-state index contributed by atoms with van der Waals surface area (Å²) in [4.78, 5) is 16.2. The molecule has 10 heteroatoms. The van der Waals surface area contributed by atoms with Gasteiger partial charge in [-0.1, -0.05) is 0 Å². The predicted octanol–water partition coefficient (Wildman–Crippen LogP) is 4.17. The third kappa shape index (κ3) is 3.77. The van der Waals surface area contributed by atoms with Crippen LogP contribution in [-0.2, 0) is 0 Å². The highest BCUT2D eigenvalue weighted by molar-refractivity contribution is 5.86. The standard InChI is InChI=1S/C23H26N6O4/c1-14-6-5-8-29(14)23-25-16-7-9-33-20(16)22(27-23)26-19-12-28(13-24-19)15-10-17(30-2)21(32-4)18(11-15)31-3/h7,9-14H,5-6,8H2,1-4H3,(H,25,26,27)/t14-/m1/s1. The quantitative estimate of drug-likeness (QED) is 0.445. The topological polar surface area (TPSA) is 99.7 Å². The maximum Gasteiger partial charge on any atom is 0.228 e. The van der Waals surface area contributed by atoms with E-state index in [0.29, 0.717) is 46.5 Å². The first-order chi connectivity index (χ1) is 16.1. The van der Waals surface area contributed by atoms with Gasteiger partial charge in [0.1, 0.15) is 17.7 Å². The molecule has 0 radical (unpaired) electrons. The van der Waals surface area contributed by atoms with E-state index >= 15 is 0 Å². The molecule has 3 aromatic heterocycles. The molecule has 4 heterocycles. The molecule has 1 aliphatic heterocycles. The van der Waals surface area contributed by atoms with E-state index in [1.54, 1.807) is 33.9 Å². The molecule has 0 bridgehead atoms. The fourth-order valence-electron chi connectivity index (χ4n) is 4.16. The second-order valence-electron chi connectivity index (χ2n) is 7.87. The first-order valence-corrected chi connectivity index (χ1v) is 10.7. The van der Waals surface area contributed by atoms with Crippen LogP contribution >= 0.6 is 0 Å². The molecule has 1 N–H and O–H groups in total. The van der Waals surface area contributed by atoms with E-state index in [-0.39, 0.29) is 0 Å². The summed E-state index contributed by atoms with van der Waals surface area (Å²) >= 11 is 0. The second kappa shape index (κ2) is 8.53. The maximum absolute atomic E-state index is 5.66. The number of imidazole rings is 1. The minimum absolute atomic E-state index is 0.404. The Morgan fingerprint density at radius 2 is 1.88 bits per heavy atom. The van der Waals surface area contributed by atoms with E-state index in [2.05, 4.69) is 22.1 Å². The molecule has 0 unspecified atom stereocenters. The van der Waals surface area contributed by atoms with E-state index < -0.39 is 0 Å². The lowest BCUT2D eigenvalue weighted by Crippen LogP contribution is -2.28. The zero-order chi connectivity index (χ0) is 22.9. The van der Waals surface area contributed by atoms with Gasteiger partial charge in [0.2, 0.25) is 11.7 Å². The van der Waals surface area contributed by atoms with Crippen LogP contribution in [0, 0.1) is 0 Å². The normalized spacial score (nSPS) is 15.8. The van der Waals surface area contributed by atoms with Crippen LogP contribution in [0.5, 0.6) is 17.2 Å². The first-order valence-electron chi connectivity index (χ1n) is 10.7. The van der Waals surface area contributed by atoms with Crippen molar-refractivity contribution >= 4 is 28.7 Å². The molecule has 5 rings (SSSR count). The van der Waals surface area contributed by atoms with Gasteiger partial charge in [0, 0.05) is 30.8 Å². The Bertz CT molecular complexity index is 1260. The van der Waals surface area contributed by atoms with Gasteiger partial charge in [-0.25, -0.2) is 9.97 Å². The van der Waals surface area contributed by atoms with E-state index in [0.717, 1.165) is 30.6 Å². The van der Waals surface area contributed by atoms with Gasteiger partial charge in [0.05, 0.1) is 39.5 Å². The van der Waals surface area contributed by atoms with Gasteiger partial charge in [-0.2, -0.15) is 4.98 Å². The number of benzene rings is 1. The summed E-state index contributed by atoms with van der Waals surface area (Å²) in [5.41, 5.74) is 2.15. The lowest BCUT2D eigenvalue weighted by atomic mass is 10.2. The van der Waals surface area contributed by atoms with Crippen molar-refractivity contribution in [2.75, 3.05) is 38.1 Å². The number of rotatable bonds is 7. The molecule has 0 spiro atoms. The smallest absolute Gasteiger partial charge is 0.228 e. The van der Waals surface area contributed by atoms with Crippen LogP contribution in [0.4, 0.5) is 17.6 Å². The Kier molecular flexibility index (Phi) is 5.41.